The number of aryl methyl sites for hydroxylation is 1. The fourth-order valence-electron chi connectivity index (χ4n) is 4.26. The number of para-hydroxylation sites is 1. The summed E-state index contributed by atoms with van der Waals surface area (Å²) in [5, 5.41) is 12.7. The number of hydrogen-bond acceptors (Lipinski definition) is 7. The summed E-state index contributed by atoms with van der Waals surface area (Å²) in [5.41, 5.74) is 2.64. The van der Waals surface area contributed by atoms with Crippen molar-refractivity contribution in [2.45, 2.75) is 21.6 Å². The smallest absolute Gasteiger partial charge is 0.283 e. The fraction of sp³-hybridized carbons (Fsp3) is 0.192. The Morgan fingerprint density at radius 3 is 2.36 bits per heavy atom. The van der Waals surface area contributed by atoms with Gasteiger partial charge in [-0.15, -0.1) is 0 Å². The van der Waals surface area contributed by atoms with Gasteiger partial charge in [0.05, 0.1) is 20.2 Å². The highest BCUT2D eigenvalue weighted by atomic mass is 32.2. The molecule has 0 N–H and O–H groups in total. The highest BCUT2D eigenvalue weighted by molar-refractivity contribution is 7.99. The number of nitrogens with zero attached hydrogens (tertiary/aromatic N) is 4. The molecule has 0 unspecified atom stereocenters. The molecule has 1 aromatic heterocycles. The Morgan fingerprint density at radius 2 is 1.64 bits per heavy atom. The normalized spacial score (nSPS) is 14.8. The minimum atomic E-state index is -3.57. The number of pyridine rings is 1. The topological polar surface area (TPSA) is 96.7 Å². The molecule has 0 aliphatic carbocycles. The van der Waals surface area contributed by atoms with E-state index in [4.69, 9.17) is 0 Å². The van der Waals surface area contributed by atoms with E-state index in [2.05, 4.69) is 9.88 Å². The number of fused-ring (bicyclic) bond motifs is 1. The van der Waals surface area contributed by atoms with Gasteiger partial charge in [-0.1, -0.05) is 47.7 Å². The molecule has 0 saturated carbocycles. The molecule has 3 aromatic carbocycles. The average molecular weight is 521 g/mol. The van der Waals surface area contributed by atoms with Gasteiger partial charge in [-0.2, -0.15) is 4.31 Å². The standard InChI is InChI=1S/C26H24N4O4S2/c1-19-7-10-22(11-8-19)36(33,34)29-16-14-28(15-17-29)21-9-12-23(30(31)32)25(18-21)35-24-6-2-4-20-5-3-13-27-26(20)24/h2-13,18H,14-17H2,1H3. The number of benzene rings is 3. The molecule has 1 aliphatic heterocycles. The lowest BCUT2D eigenvalue weighted by Gasteiger charge is -2.35. The molecule has 5 rings (SSSR count). The number of hydrogen-bond donors (Lipinski definition) is 0. The van der Waals surface area contributed by atoms with Crippen LogP contribution in [0.3, 0.4) is 0 Å². The first-order valence-corrected chi connectivity index (χ1v) is 13.7. The van der Waals surface area contributed by atoms with Crippen molar-refractivity contribution in [2.24, 2.45) is 0 Å². The van der Waals surface area contributed by atoms with Crippen molar-refractivity contribution in [1.82, 2.24) is 9.29 Å². The molecule has 4 aromatic rings. The van der Waals surface area contributed by atoms with Gasteiger partial charge in [-0.25, -0.2) is 8.42 Å². The molecule has 0 atom stereocenters. The van der Waals surface area contributed by atoms with Gasteiger partial charge in [-0.3, -0.25) is 15.1 Å². The summed E-state index contributed by atoms with van der Waals surface area (Å²) in [5.74, 6) is 0. The summed E-state index contributed by atoms with van der Waals surface area (Å²) < 4.78 is 27.6. The van der Waals surface area contributed by atoms with Gasteiger partial charge >= 0.3 is 0 Å². The predicted molar refractivity (Wildman–Crippen MR) is 141 cm³/mol. The second-order valence-electron chi connectivity index (χ2n) is 8.55. The first kappa shape index (κ1) is 24.2. The van der Waals surface area contributed by atoms with Crippen LogP contribution in [0, 0.1) is 17.0 Å². The zero-order valence-electron chi connectivity index (χ0n) is 19.6. The van der Waals surface area contributed by atoms with Crippen molar-refractivity contribution in [3.05, 3.63) is 94.7 Å². The molecule has 184 valence electrons. The molecule has 0 spiro atoms. The Balaban J connectivity index is 1.38. The molecule has 36 heavy (non-hydrogen) atoms. The number of anilines is 1. The Bertz CT molecular complexity index is 1530. The number of nitro groups is 1. The van der Waals surface area contributed by atoms with Crippen molar-refractivity contribution in [3.8, 4) is 0 Å². The van der Waals surface area contributed by atoms with Crippen molar-refractivity contribution < 1.29 is 13.3 Å². The molecule has 2 heterocycles. The van der Waals surface area contributed by atoms with Crippen LogP contribution in [-0.4, -0.2) is 48.8 Å². The number of nitro benzene ring substituents is 1. The third-order valence-electron chi connectivity index (χ3n) is 6.22. The van der Waals surface area contributed by atoms with Crippen LogP contribution < -0.4 is 4.90 Å². The molecule has 0 amide bonds. The molecule has 1 fully saturated rings. The lowest BCUT2D eigenvalue weighted by molar-refractivity contribution is -0.387. The van der Waals surface area contributed by atoms with E-state index in [1.807, 2.05) is 43.3 Å². The highest BCUT2D eigenvalue weighted by Gasteiger charge is 2.29. The summed E-state index contributed by atoms with van der Waals surface area (Å²) in [4.78, 5) is 19.6. The zero-order valence-corrected chi connectivity index (χ0v) is 21.2. The first-order chi connectivity index (χ1) is 17.3. The number of aromatic nitrogens is 1. The van der Waals surface area contributed by atoms with E-state index in [0.717, 1.165) is 27.0 Å². The van der Waals surface area contributed by atoms with E-state index >= 15 is 0 Å². The van der Waals surface area contributed by atoms with Crippen molar-refractivity contribution >= 4 is 44.1 Å². The minimum Gasteiger partial charge on any atom is -0.369 e. The van der Waals surface area contributed by atoms with E-state index in [-0.39, 0.29) is 10.6 Å². The summed E-state index contributed by atoms with van der Waals surface area (Å²) in [6.07, 6.45) is 1.71. The van der Waals surface area contributed by atoms with Crippen LogP contribution in [0.2, 0.25) is 0 Å². The molecule has 0 radical (unpaired) electrons. The Morgan fingerprint density at radius 1 is 0.917 bits per heavy atom. The molecule has 8 nitrogen and oxygen atoms in total. The molecule has 1 saturated heterocycles. The maximum Gasteiger partial charge on any atom is 0.283 e. The second kappa shape index (κ2) is 9.88. The highest BCUT2D eigenvalue weighted by Crippen LogP contribution is 2.40. The monoisotopic (exact) mass is 520 g/mol. The molecular formula is C26H24N4O4S2. The maximum atomic E-state index is 13.0. The summed E-state index contributed by atoms with van der Waals surface area (Å²) >= 11 is 1.32. The SMILES string of the molecule is Cc1ccc(S(=O)(=O)N2CCN(c3ccc([N+](=O)[O-])c(Sc4cccc5cccnc45)c3)CC2)cc1. The Hall–Kier alpha value is -3.47. The first-order valence-electron chi connectivity index (χ1n) is 11.4. The predicted octanol–water partition coefficient (Wildman–Crippen LogP) is 5.11. The van der Waals surface area contributed by atoms with E-state index in [9.17, 15) is 18.5 Å². The molecular weight excluding hydrogens is 496 g/mol. The van der Waals surface area contributed by atoms with Gasteiger partial charge in [-0.05, 0) is 43.3 Å². The Kier molecular flexibility index (Phi) is 6.65. The maximum absolute atomic E-state index is 13.0. The van der Waals surface area contributed by atoms with Crippen molar-refractivity contribution in [2.75, 3.05) is 31.1 Å². The summed E-state index contributed by atoms with van der Waals surface area (Å²) in [6, 6.07) is 21.5. The van der Waals surface area contributed by atoms with Crippen LogP contribution >= 0.6 is 11.8 Å². The quantitative estimate of drug-likeness (QED) is 0.257. The minimum absolute atomic E-state index is 0.0252. The van der Waals surface area contributed by atoms with E-state index < -0.39 is 10.0 Å². The van der Waals surface area contributed by atoms with Gasteiger partial charge in [0.25, 0.3) is 5.69 Å². The van der Waals surface area contributed by atoms with Gasteiger partial charge in [0.15, 0.2) is 0 Å². The van der Waals surface area contributed by atoms with E-state index in [0.29, 0.717) is 36.0 Å². The third-order valence-corrected chi connectivity index (χ3v) is 9.23. The lowest BCUT2D eigenvalue weighted by atomic mass is 10.2. The molecule has 0 bridgehead atoms. The van der Waals surface area contributed by atoms with Gasteiger partial charge in [0, 0.05) is 54.4 Å². The summed E-state index contributed by atoms with van der Waals surface area (Å²) in [6.45, 7) is 3.57. The summed E-state index contributed by atoms with van der Waals surface area (Å²) in [7, 11) is -3.57. The van der Waals surface area contributed by atoms with Crippen LogP contribution in [0.4, 0.5) is 11.4 Å². The van der Waals surface area contributed by atoms with Gasteiger partial charge in [0.1, 0.15) is 0 Å². The van der Waals surface area contributed by atoms with Crippen molar-refractivity contribution in [1.29, 1.82) is 0 Å². The van der Waals surface area contributed by atoms with Crippen LogP contribution in [0.15, 0.2) is 93.7 Å². The fourth-order valence-corrected chi connectivity index (χ4v) is 6.75. The third kappa shape index (κ3) is 4.79. The van der Waals surface area contributed by atoms with Crippen molar-refractivity contribution in [3.63, 3.8) is 0 Å². The Labute approximate surface area is 213 Å². The van der Waals surface area contributed by atoms with Gasteiger partial charge < -0.3 is 4.90 Å². The number of rotatable bonds is 6. The largest absolute Gasteiger partial charge is 0.369 e. The number of sulfonamides is 1. The van der Waals surface area contributed by atoms with Gasteiger partial charge in [0.2, 0.25) is 10.0 Å². The zero-order chi connectivity index (χ0) is 25.3. The van der Waals surface area contributed by atoms with E-state index in [1.165, 1.54) is 22.1 Å². The van der Waals surface area contributed by atoms with Crippen LogP contribution in [-0.2, 0) is 10.0 Å². The molecule has 1 aliphatic rings. The molecule has 10 heteroatoms. The number of piperazine rings is 1. The lowest BCUT2D eigenvalue weighted by Crippen LogP contribution is -2.48. The van der Waals surface area contributed by atoms with E-state index in [1.54, 1.807) is 36.5 Å². The second-order valence-corrected chi connectivity index (χ2v) is 11.6. The van der Waals surface area contributed by atoms with Crippen LogP contribution in [0.5, 0.6) is 0 Å². The van der Waals surface area contributed by atoms with Crippen LogP contribution in [0.1, 0.15) is 5.56 Å². The average Bonchev–Trinajstić information content (AvgIpc) is 2.89. The van der Waals surface area contributed by atoms with Crippen LogP contribution in [0.25, 0.3) is 10.9 Å².